The molecule has 17 heavy (non-hydrogen) atoms. The van der Waals surface area contributed by atoms with Gasteiger partial charge in [-0.25, -0.2) is 8.78 Å². The lowest BCUT2D eigenvalue weighted by Gasteiger charge is -2.31. The first kappa shape index (κ1) is 12.5. The van der Waals surface area contributed by atoms with Crippen LogP contribution in [0.3, 0.4) is 0 Å². The average molecular weight is 239 g/mol. The van der Waals surface area contributed by atoms with Crippen LogP contribution in [-0.2, 0) is 11.2 Å². The Labute approximate surface area is 101 Å². The van der Waals surface area contributed by atoms with E-state index in [-0.39, 0.29) is 11.1 Å². The predicted molar refractivity (Wildman–Crippen MR) is 65.1 cm³/mol. The quantitative estimate of drug-likeness (QED) is 0.831. The summed E-state index contributed by atoms with van der Waals surface area (Å²) in [6.45, 7) is 5.74. The Bertz CT molecular complexity index is 415. The van der Waals surface area contributed by atoms with Gasteiger partial charge >= 0.3 is 0 Å². The molecule has 1 fully saturated rings. The lowest BCUT2D eigenvalue weighted by atomic mass is 9.82. The van der Waals surface area contributed by atoms with Gasteiger partial charge in [0.2, 0.25) is 0 Å². The number of halogens is 2. The van der Waals surface area contributed by atoms with Gasteiger partial charge in [0, 0.05) is 11.1 Å². The molecule has 1 aromatic carbocycles. The number of hydrogen-bond acceptors (Lipinski definition) is 1. The molecule has 0 saturated carbocycles. The number of hydrogen-bond donors (Lipinski definition) is 1. The fourth-order valence-corrected chi connectivity index (χ4v) is 2.71. The van der Waals surface area contributed by atoms with Crippen molar-refractivity contribution in [1.82, 2.24) is 5.32 Å². The molecule has 1 heterocycles. The van der Waals surface area contributed by atoms with Crippen LogP contribution in [0.15, 0.2) is 18.2 Å². The molecule has 0 amide bonds. The summed E-state index contributed by atoms with van der Waals surface area (Å²) >= 11 is 0. The van der Waals surface area contributed by atoms with Crippen molar-refractivity contribution in [2.45, 2.75) is 44.8 Å². The zero-order valence-electron chi connectivity index (χ0n) is 10.6. The fourth-order valence-electron chi connectivity index (χ4n) is 2.71. The molecule has 1 atom stereocenters. The maximum absolute atomic E-state index is 14.2. The molecule has 0 aromatic heterocycles. The highest BCUT2D eigenvalue weighted by Crippen LogP contribution is 2.39. The van der Waals surface area contributed by atoms with Crippen molar-refractivity contribution in [1.29, 1.82) is 0 Å². The third kappa shape index (κ3) is 2.21. The van der Waals surface area contributed by atoms with Gasteiger partial charge in [-0.3, -0.25) is 0 Å². The van der Waals surface area contributed by atoms with Gasteiger partial charge in [0.15, 0.2) is 0 Å². The van der Waals surface area contributed by atoms with Crippen molar-refractivity contribution in [2.24, 2.45) is 0 Å². The summed E-state index contributed by atoms with van der Waals surface area (Å²) in [5.74, 6) is -0.454. The minimum absolute atomic E-state index is 0.192. The highest BCUT2D eigenvalue weighted by molar-refractivity contribution is 5.38. The largest absolute Gasteiger partial charge is 0.308 e. The van der Waals surface area contributed by atoms with Gasteiger partial charge in [0.25, 0.3) is 0 Å². The van der Waals surface area contributed by atoms with Crippen LogP contribution in [0, 0.1) is 5.82 Å². The Morgan fingerprint density at radius 1 is 1.35 bits per heavy atom. The zero-order chi connectivity index (χ0) is 12.7. The van der Waals surface area contributed by atoms with Gasteiger partial charge in [0.1, 0.15) is 11.5 Å². The third-order valence-electron chi connectivity index (χ3n) is 3.57. The second-order valence-corrected chi connectivity index (χ2v) is 5.50. The molecule has 1 N–H and O–H groups in total. The number of rotatable bonds is 2. The SMILES string of the molecule is CC(C)(F)c1c(F)cccc1C1(C)CCCN1. The molecule has 0 radical (unpaired) electrons. The summed E-state index contributed by atoms with van der Waals surface area (Å²) in [6, 6.07) is 4.82. The summed E-state index contributed by atoms with van der Waals surface area (Å²) in [7, 11) is 0. The van der Waals surface area contributed by atoms with E-state index in [1.165, 1.54) is 19.9 Å². The van der Waals surface area contributed by atoms with Gasteiger partial charge in [0.05, 0.1) is 0 Å². The molecule has 1 nitrogen and oxygen atoms in total. The van der Waals surface area contributed by atoms with Crippen LogP contribution in [0.1, 0.15) is 44.7 Å². The molecule has 0 aliphatic carbocycles. The van der Waals surface area contributed by atoms with Crippen molar-refractivity contribution >= 4 is 0 Å². The van der Waals surface area contributed by atoms with Crippen LogP contribution < -0.4 is 5.32 Å². The van der Waals surface area contributed by atoms with E-state index in [9.17, 15) is 8.78 Å². The predicted octanol–water partition coefficient (Wildman–Crippen LogP) is 3.63. The van der Waals surface area contributed by atoms with E-state index in [1.54, 1.807) is 6.07 Å². The van der Waals surface area contributed by atoms with E-state index in [0.29, 0.717) is 0 Å². The average Bonchev–Trinajstić information content (AvgIpc) is 2.64. The first-order valence-corrected chi connectivity index (χ1v) is 6.08. The van der Waals surface area contributed by atoms with Gasteiger partial charge in [-0.05, 0) is 51.8 Å². The van der Waals surface area contributed by atoms with Crippen molar-refractivity contribution < 1.29 is 8.78 Å². The zero-order valence-corrected chi connectivity index (χ0v) is 10.6. The topological polar surface area (TPSA) is 12.0 Å². The Balaban J connectivity index is 2.58. The summed E-state index contributed by atoms with van der Waals surface area (Å²) in [5, 5.41) is 3.36. The molecule has 1 aromatic rings. The lowest BCUT2D eigenvalue weighted by Crippen LogP contribution is -2.36. The van der Waals surface area contributed by atoms with Crippen molar-refractivity contribution in [3.8, 4) is 0 Å². The first-order chi connectivity index (χ1) is 7.84. The second kappa shape index (κ2) is 4.05. The van der Waals surface area contributed by atoms with Crippen LogP contribution in [0.25, 0.3) is 0 Å². The molecular formula is C14H19F2N. The lowest BCUT2D eigenvalue weighted by molar-refractivity contribution is 0.207. The Morgan fingerprint density at radius 3 is 2.59 bits per heavy atom. The Kier molecular flexibility index (Phi) is 2.98. The maximum Gasteiger partial charge on any atom is 0.133 e. The normalized spacial score (nSPS) is 25.2. The van der Waals surface area contributed by atoms with E-state index in [1.807, 2.05) is 13.0 Å². The Morgan fingerprint density at radius 2 is 2.06 bits per heavy atom. The summed E-state index contributed by atoms with van der Waals surface area (Å²) in [5.41, 5.74) is -1.02. The molecule has 94 valence electrons. The van der Waals surface area contributed by atoms with Gasteiger partial charge < -0.3 is 5.32 Å². The molecule has 0 spiro atoms. The smallest absolute Gasteiger partial charge is 0.133 e. The number of benzene rings is 1. The van der Waals surface area contributed by atoms with E-state index in [4.69, 9.17) is 0 Å². The number of nitrogens with one attached hydrogen (secondary N) is 1. The van der Waals surface area contributed by atoms with Gasteiger partial charge in [-0.1, -0.05) is 12.1 Å². The van der Waals surface area contributed by atoms with Gasteiger partial charge in [-0.15, -0.1) is 0 Å². The van der Waals surface area contributed by atoms with E-state index in [0.717, 1.165) is 24.9 Å². The molecule has 1 unspecified atom stereocenters. The van der Waals surface area contributed by atoms with Crippen LogP contribution in [0.4, 0.5) is 8.78 Å². The van der Waals surface area contributed by atoms with Gasteiger partial charge in [-0.2, -0.15) is 0 Å². The van der Waals surface area contributed by atoms with E-state index < -0.39 is 11.5 Å². The molecule has 3 heteroatoms. The monoisotopic (exact) mass is 239 g/mol. The van der Waals surface area contributed by atoms with Crippen molar-refractivity contribution in [2.75, 3.05) is 6.54 Å². The molecular weight excluding hydrogens is 220 g/mol. The summed E-state index contributed by atoms with van der Waals surface area (Å²) in [4.78, 5) is 0. The number of alkyl halides is 1. The molecule has 0 bridgehead atoms. The first-order valence-electron chi connectivity index (χ1n) is 6.08. The summed E-state index contributed by atoms with van der Waals surface area (Å²) < 4.78 is 28.1. The minimum Gasteiger partial charge on any atom is -0.308 e. The standard InChI is InChI=1S/C14H19F2N/c1-13(2,16)12-10(6-4-7-11(12)15)14(3)8-5-9-17-14/h4,6-7,17H,5,8-9H2,1-3H3. The van der Waals surface area contributed by atoms with Crippen molar-refractivity contribution in [3.05, 3.63) is 35.1 Å². The van der Waals surface area contributed by atoms with Crippen LogP contribution in [0.5, 0.6) is 0 Å². The van der Waals surface area contributed by atoms with Crippen LogP contribution in [-0.4, -0.2) is 6.54 Å². The van der Waals surface area contributed by atoms with Crippen LogP contribution in [0.2, 0.25) is 0 Å². The minimum atomic E-state index is -1.66. The molecule has 2 rings (SSSR count). The molecule has 1 saturated heterocycles. The van der Waals surface area contributed by atoms with Crippen LogP contribution >= 0.6 is 0 Å². The van der Waals surface area contributed by atoms with E-state index in [2.05, 4.69) is 5.32 Å². The fraction of sp³-hybridized carbons (Fsp3) is 0.571. The highest BCUT2D eigenvalue weighted by Gasteiger charge is 2.37. The molecule has 1 aliphatic rings. The molecule has 1 aliphatic heterocycles. The maximum atomic E-state index is 14.2. The Hall–Kier alpha value is -0.960. The second-order valence-electron chi connectivity index (χ2n) is 5.50. The van der Waals surface area contributed by atoms with E-state index >= 15 is 0 Å². The third-order valence-corrected chi connectivity index (χ3v) is 3.57. The summed E-state index contributed by atoms with van der Waals surface area (Å²) in [6.07, 6.45) is 1.96. The van der Waals surface area contributed by atoms with Crippen molar-refractivity contribution in [3.63, 3.8) is 0 Å². The highest BCUT2D eigenvalue weighted by atomic mass is 19.1.